The van der Waals surface area contributed by atoms with Crippen LogP contribution in [0.5, 0.6) is 11.5 Å². The number of nitrogens with zero attached hydrogens (tertiary/aromatic N) is 1. The molecule has 0 aliphatic heterocycles. The summed E-state index contributed by atoms with van der Waals surface area (Å²) in [4.78, 5) is 26.7. The zero-order valence-corrected chi connectivity index (χ0v) is 16.7. The van der Waals surface area contributed by atoms with Crippen molar-refractivity contribution in [1.29, 1.82) is 0 Å². The number of methoxy groups -OCH3 is 1. The smallest absolute Gasteiger partial charge is 0.261 e. The molecule has 2 aromatic carbocycles. The van der Waals surface area contributed by atoms with Gasteiger partial charge in [-0.15, -0.1) is 0 Å². The molecule has 0 fully saturated rings. The highest BCUT2D eigenvalue weighted by atomic mass is 16.5. The molecule has 0 aliphatic rings. The van der Waals surface area contributed by atoms with Crippen LogP contribution in [0.2, 0.25) is 0 Å². The zero-order chi connectivity index (χ0) is 20.4. The third kappa shape index (κ3) is 6.01. The Morgan fingerprint density at radius 3 is 2.32 bits per heavy atom. The van der Waals surface area contributed by atoms with Crippen molar-refractivity contribution in [3.05, 3.63) is 60.2 Å². The van der Waals surface area contributed by atoms with Crippen molar-refractivity contribution in [2.75, 3.05) is 26.8 Å². The van der Waals surface area contributed by atoms with Crippen LogP contribution in [0.15, 0.2) is 54.6 Å². The van der Waals surface area contributed by atoms with Crippen molar-refractivity contribution in [3.63, 3.8) is 0 Å². The van der Waals surface area contributed by atoms with Crippen molar-refractivity contribution in [1.82, 2.24) is 10.2 Å². The molecule has 2 rings (SSSR count). The van der Waals surface area contributed by atoms with Crippen LogP contribution >= 0.6 is 0 Å². The predicted molar refractivity (Wildman–Crippen MR) is 108 cm³/mol. The number of rotatable bonds is 10. The zero-order valence-electron chi connectivity index (χ0n) is 16.7. The molecule has 0 heterocycles. The maximum Gasteiger partial charge on any atom is 0.261 e. The Bertz CT molecular complexity index is 764. The maximum absolute atomic E-state index is 12.9. The van der Waals surface area contributed by atoms with E-state index >= 15 is 0 Å². The van der Waals surface area contributed by atoms with Crippen LogP contribution in [0.25, 0.3) is 0 Å². The number of hydrogen-bond donors (Lipinski definition) is 1. The van der Waals surface area contributed by atoms with Gasteiger partial charge in [0.05, 0.1) is 7.11 Å². The van der Waals surface area contributed by atoms with Crippen LogP contribution in [-0.2, 0) is 16.0 Å². The lowest BCUT2D eigenvalue weighted by Gasteiger charge is -2.28. The second-order valence-electron chi connectivity index (χ2n) is 6.33. The van der Waals surface area contributed by atoms with Crippen LogP contribution in [-0.4, -0.2) is 49.6 Å². The number of amides is 2. The van der Waals surface area contributed by atoms with E-state index in [0.29, 0.717) is 31.0 Å². The fourth-order valence-corrected chi connectivity index (χ4v) is 2.85. The highest BCUT2D eigenvalue weighted by molar-refractivity contribution is 5.88. The average molecular weight is 384 g/mol. The van der Waals surface area contributed by atoms with Crippen LogP contribution in [0, 0.1) is 0 Å². The highest BCUT2D eigenvalue weighted by Crippen LogP contribution is 2.25. The number of ether oxygens (including phenoxy) is 2. The molecule has 0 aliphatic carbocycles. The van der Waals surface area contributed by atoms with E-state index < -0.39 is 6.04 Å². The molecule has 2 amide bonds. The minimum atomic E-state index is -0.586. The van der Waals surface area contributed by atoms with Gasteiger partial charge in [-0.2, -0.15) is 0 Å². The highest BCUT2D eigenvalue weighted by Gasteiger charge is 2.26. The van der Waals surface area contributed by atoms with Crippen molar-refractivity contribution in [2.24, 2.45) is 0 Å². The molecular formula is C22H28N2O4. The number of carbonyl (C=O) groups is 2. The number of benzene rings is 2. The Labute approximate surface area is 166 Å². The van der Waals surface area contributed by atoms with E-state index in [9.17, 15) is 9.59 Å². The summed E-state index contributed by atoms with van der Waals surface area (Å²) in [7, 11) is 1.55. The van der Waals surface area contributed by atoms with Gasteiger partial charge in [-0.3, -0.25) is 9.59 Å². The maximum atomic E-state index is 12.9. The van der Waals surface area contributed by atoms with E-state index in [1.165, 1.54) is 0 Å². The Kier molecular flexibility index (Phi) is 8.34. The summed E-state index contributed by atoms with van der Waals surface area (Å²) in [6, 6.07) is 16.4. The van der Waals surface area contributed by atoms with Crippen molar-refractivity contribution < 1.29 is 19.1 Å². The topological polar surface area (TPSA) is 67.9 Å². The third-order valence-corrected chi connectivity index (χ3v) is 4.42. The second kappa shape index (κ2) is 11.0. The molecule has 0 radical (unpaired) electrons. The number of hydrogen-bond acceptors (Lipinski definition) is 4. The van der Waals surface area contributed by atoms with Gasteiger partial charge in [0.15, 0.2) is 18.1 Å². The van der Waals surface area contributed by atoms with E-state index in [4.69, 9.17) is 9.47 Å². The largest absolute Gasteiger partial charge is 0.493 e. The Hall–Kier alpha value is -3.02. The molecule has 0 saturated heterocycles. The first-order valence-corrected chi connectivity index (χ1v) is 9.43. The van der Waals surface area contributed by atoms with E-state index in [0.717, 1.165) is 5.56 Å². The van der Waals surface area contributed by atoms with Crippen LogP contribution in [0.4, 0.5) is 0 Å². The van der Waals surface area contributed by atoms with Crippen LogP contribution in [0.1, 0.15) is 19.4 Å². The SMILES string of the molecule is CCNC(=O)[C@@H](C)N(CCc1ccccc1)C(=O)COc1ccccc1OC. The summed E-state index contributed by atoms with van der Waals surface area (Å²) < 4.78 is 10.9. The molecule has 28 heavy (non-hydrogen) atoms. The van der Waals surface area contributed by atoms with Gasteiger partial charge in [-0.1, -0.05) is 42.5 Å². The first-order chi connectivity index (χ1) is 13.6. The Morgan fingerprint density at radius 1 is 1.04 bits per heavy atom. The molecule has 2 aromatic rings. The van der Waals surface area contributed by atoms with Gasteiger partial charge < -0.3 is 19.7 Å². The second-order valence-corrected chi connectivity index (χ2v) is 6.33. The number of carbonyl (C=O) groups excluding carboxylic acids is 2. The van der Waals surface area contributed by atoms with Gasteiger partial charge in [-0.05, 0) is 38.0 Å². The lowest BCUT2D eigenvalue weighted by molar-refractivity contribution is -0.141. The molecule has 6 nitrogen and oxygen atoms in total. The van der Waals surface area contributed by atoms with E-state index in [2.05, 4.69) is 5.32 Å². The normalized spacial score (nSPS) is 11.4. The predicted octanol–water partition coefficient (Wildman–Crippen LogP) is 2.67. The van der Waals surface area contributed by atoms with E-state index in [1.807, 2.05) is 49.4 Å². The molecule has 1 atom stereocenters. The summed E-state index contributed by atoms with van der Waals surface area (Å²) >= 11 is 0. The molecule has 1 N–H and O–H groups in total. The van der Waals surface area contributed by atoms with Crippen molar-refractivity contribution >= 4 is 11.8 Å². The van der Waals surface area contributed by atoms with Gasteiger partial charge in [-0.25, -0.2) is 0 Å². The summed E-state index contributed by atoms with van der Waals surface area (Å²) in [5.74, 6) is 0.622. The quantitative estimate of drug-likeness (QED) is 0.684. The van der Waals surface area contributed by atoms with Crippen molar-refractivity contribution in [2.45, 2.75) is 26.3 Å². The Balaban J connectivity index is 2.07. The lowest BCUT2D eigenvalue weighted by Crippen LogP contribution is -2.50. The standard InChI is InChI=1S/C22H28N2O4/c1-4-23-22(26)17(2)24(15-14-18-10-6-5-7-11-18)21(25)16-28-20-13-9-8-12-19(20)27-3/h5-13,17H,4,14-16H2,1-3H3,(H,23,26)/t17-/m1/s1. The van der Waals surface area contributed by atoms with Gasteiger partial charge in [0.2, 0.25) is 5.91 Å². The fraction of sp³-hybridized carbons (Fsp3) is 0.364. The van der Waals surface area contributed by atoms with E-state index in [-0.39, 0.29) is 18.4 Å². The third-order valence-electron chi connectivity index (χ3n) is 4.42. The lowest BCUT2D eigenvalue weighted by atomic mass is 10.1. The van der Waals surface area contributed by atoms with E-state index in [1.54, 1.807) is 31.1 Å². The molecule has 0 bridgehead atoms. The summed E-state index contributed by atoms with van der Waals surface area (Å²) in [5, 5.41) is 2.78. The van der Waals surface area contributed by atoms with Gasteiger partial charge in [0, 0.05) is 13.1 Å². The van der Waals surface area contributed by atoms with Gasteiger partial charge in [0.25, 0.3) is 5.91 Å². The first kappa shape index (κ1) is 21.3. The molecule has 6 heteroatoms. The number of nitrogens with one attached hydrogen (secondary N) is 1. The minimum Gasteiger partial charge on any atom is -0.493 e. The summed E-state index contributed by atoms with van der Waals surface area (Å²) in [6.07, 6.45) is 0.658. The number of likely N-dealkylation sites (N-methyl/N-ethyl adjacent to an activating group) is 1. The molecule has 0 saturated carbocycles. The minimum absolute atomic E-state index is 0.168. The molecule has 150 valence electrons. The van der Waals surface area contributed by atoms with Crippen molar-refractivity contribution in [3.8, 4) is 11.5 Å². The molecular weight excluding hydrogens is 356 g/mol. The monoisotopic (exact) mass is 384 g/mol. The van der Waals surface area contributed by atoms with Crippen LogP contribution < -0.4 is 14.8 Å². The molecule has 0 aromatic heterocycles. The Morgan fingerprint density at radius 2 is 1.68 bits per heavy atom. The van der Waals surface area contributed by atoms with Gasteiger partial charge >= 0.3 is 0 Å². The summed E-state index contributed by atoms with van der Waals surface area (Å²) in [5.41, 5.74) is 1.11. The molecule has 0 spiro atoms. The fourth-order valence-electron chi connectivity index (χ4n) is 2.85. The average Bonchev–Trinajstić information content (AvgIpc) is 2.73. The summed E-state index contributed by atoms with van der Waals surface area (Å²) in [6.45, 7) is 4.36. The number of para-hydroxylation sites is 2. The molecule has 0 unspecified atom stereocenters. The van der Waals surface area contributed by atoms with Gasteiger partial charge in [0.1, 0.15) is 6.04 Å². The first-order valence-electron chi connectivity index (χ1n) is 9.43. The van der Waals surface area contributed by atoms with Crippen LogP contribution in [0.3, 0.4) is 0 Å².